The van der Waals surface area contributed by atoms with Crippen molar-refractivity contribution in [2.75, 3.05) is 54.1 Å². The van der Waals surface area contributed by atoms with Gasteiger partial charge in [0.15, 0.2) is 5.96 Å². The maximum Gasteiger partial charge on any atom is 0.193 e. The van der Waals surface area contributed by atoms with E-state index in [1.165, 1.54) is 11.1 Å². The third-order valence-electron chi connectivity index (χ3n) is 4.91. The second kappa shape index (κ2) is 11.8. The molecule has 6 nitrogen and oxygen atoms in total. The van der Waals surface area contributed by atoms with Crippen LogP contribution < -0.4 is 10.1 Å². The van der Waals surface area contributed by atoms with E-state index in [1.807, 2.05) is 13.1 Å². The van der Waals surface area contributed by atoms with E-state index in [2.05, 4.69) is 34.3 Å². The summed E-state index contributed by atoms with van der Waals surface area (Å²) >= 11 is 0. The molecule has 0 aliphatic carbocycles. The summed E-state index contributed by atoms with van der Waals surface area (Å²) in [5.74, 6) is 1.92. The van der Waals surface area contributed by atoms with Crippen molar-refractivity contribution in [1.82, 2.24) is 10.2 Å². The zero-order valence-corrected chi connectivity index (χ0v) is 17.3. The first-order valence-electron chi connectivity index (χ1n) is 9.87. The SMILES string of the molecule is CN=C(NCCc1cc(C)ccc1OC)N1CCC(OCCCOC)CC1. The number of hydrogen-bond donors (Lipinski definition) is 1. The molecule has 0 saturated carbocycles. The molecule has 1 saturated heterocycles. The Balaban J connectivity index is 1.74. The predicted molar refractivity (Wildman–Crippen MR) is 110 cm³/mol. The molecule has 27 heavy (non-hydrogen) atoms. The number of nitrogens with zero attached hydrogens (tertiary/aromatic N) is 2. The Morgan fingerprint density at radius 1 is 1.22 bits per heavy atom. The summed E-state index contributed by atoms with van der Waals surface area (Å²) in [5, 5.41) is 3.50. The van der Waals surface area contributed by atoms with E-state index in [0.29, 0.717) is 6.10 Å². The molecule has 1 aromatic carbocycles. The van der Waals surface area contributed by atoms with E-state index in [4.69, 9.17) is 14.2 Å². The lowest BCUT2D eigenvalue weighted by Gasteiger charge is -2.34. The van der Waals surface area contributed by atoms with Crippen LogP contribution in [0.2, 0.25) is 0 Å². The number of ether oxygens (including phenoxy) is 3. The van der Waals surface area contributed by atoms with Crippen LogP contribution in [0, 0.1) is 6.92 Å². The first kappa shape index (κ1) is 21.5. The standard InChI is InChI=1S/C21H35N3O3/c1-17-6-7-20(26-4)18(16-17)8-11-23-21(22-2)24-12-9-19(10-13-24)27-15-5-14-25-3/h6-7,16,19H,5,8-15H2,1-4H3,(H,22,23). The van der Waals surface area contributed by atoms with Gasteiger partial charge in [-0.05, 0) is 44.2 Å². The molecule has 0 amide bonds. The number of piperidine rings is 1. The van der Waals surface area contributed by atoms with Crippen molar-refractivity contribution in [2.24, 2.45) is 4.99 Å². The van der Waals surface area contributed by atoms with Gasteiger partial charge in [0.05, 0.1) is 13.2 Å². The molecule has 1 N–H and O–H groups in total. The van der Waals surface area contributed by atoms with Crippen molar-refractivity contribution < 1.29 is 14.2 Å². The average Bonchev–Trinajstić information content (AvgIpc) is 2.69. The van der Waals surface area contributed by atoms with Crippen molar-refractivity contribution in [3.8, 4) is 5.75 Å². The van der Waals surface area contributed by atoms with Gasteiger partial charge in [0.1, 0.15) is 5.75 Å². The van der Waals surface area contributed by atoms with Gasteiger partial charge in [-0.15, -0.1) is 0 Å². The van der Waals surface area contributed by atoms with E-state index in [-0.39, 0.29) is 0 Å². The highest BCUT2D eigenvalue weighted by atomic mass is 16.5. The largest absolute Gasteiger partial charge is 0.496 e. The molecule has 1 fully saturated rings. The Kier molecular flexibility index (Phi) is 9.42. The smallest absolute Gasteiger partial charge is 0.193 e. The summed E-state index contributed by atoms with van der Waals surface area (Å²) in [4.78, 5) is 6.78. The topological polar surface area (TPSA) is 55.3 Å². The number of hydrogen-bond acceptors (Lipinski definition) is 4. The lowest BCUT2D eigenvalue weighted by molar-refractivity contribution is 0.00992. The van der Waals surface area contributed by atoms with Gasteiger partial charge in [-0.25, -0.2) is 0 Å². The summed E-state index contributed by atoms with van der Waals surface area (Å²) in [6, 6.07) is 6.31. The molecular weight excluding hydrogens is 342 g/mol. The minimum Gasteiger partial charge on any atom is -0.496 e. The number of aryl methyl sites for hydroxylation is 1. The highest BCUT2D eigenvalue weighted by molar-refractivity contribution is 5.80. The molecular formula is C21H35N3O3. The van der Waals surface area contributed by atoms with E-state index in [1.54, 1.807) is 14.2 Å². The summed E-state index contributed by atoms with van der Waals surface area (Å²) in [6.07, 6.45) is 4.30. The second-order valence-electron chi connectivity index (χ2n) is 6.94. The van der Waals surface area contributed by atoms with Gasteiger partial charge in [0.25, 0.3) is 0 Å². The summed E-state index contributed by atoms with van der Waals surface area (Å²) < 4.78 is 16.5. The van der Waals surface area contributed by atoms with E-state index in [9.17, 15) is 0 Å². The average molecular weight is 378 g/mol. The van der Waals surface area contributed by atoms with Crippen LogP contribution in [0.5, 0.6) is 5.75 Å². The van der Waals surface area contributed by atoms with E-state index in [0.717, 1.165) is 70.2 Å². The monoisotopic (exact) mass is 377 g/mol. The molecule has 0 radical (unpaired) electrons. The van der Waals surface area contributed by atoms with Crippen molar-refractivity contribution >= 4 is 5.96 Å². The fourth-order valence-electron chi connectivity index (χ4n) is 3.43. The molecule has 0 aromatic heterocycles. The molecule has 1 heterocycles. The Labute approximate surface area is 163 Å². The molecule has 0 unspecified atom stereocenters. The minimum atomic E-state index is 0.354. The molecule has 2 rings (SSSR count). The number of methoxy groups -OCH3 is 2. The number of aliphatic imine (C=N–C) groups is 1. The molecule has 6 heteroatoms. The van der Waals surface area contributed by atoms with Crippen molar-refractivity contribution in [1.29, 1.82) is 0 Å². The van der Waals surface area contributed by atoms with Gasteiger partial charge in [-0.2, -0.15) is 0 Å². The zero-order valence-electron chi connectivity index (χ0n) is 17.3. The van der Waals surface area contributed by atoms with Crippen molar-refractivity contribution in [3.63, 3.8) is 0 Å². The fraction of sp³-hybridized carbons (Fsp3) is 0.667. The Bertz CT molecular complexity index is 584. The van der Waals surface area contributed by atoms with Crippen molar-refractivity contribution in [3.05, 3.63) is 29.3 Å². The third-order valence-corrected chi connectivity index (χ3v) is 4.91. The van der Waals surface area contributed by atoms with Crippen LogP contribution in [0.4, 0.5) is 0 Å². The van der Waals surface area contributed by atoms with Crippen molar-refractivity contribution in [2.45, 2.75) is 38.7 Å². The first-order valence-corrected chi connectivity index (χ1v) is 9.87. The molecule has 1 aliphatic rings. The van der Waals surface area contributed by atoms with Gasteiger partial charge in [0, 0.05) is 47.0 Å². The molecule has 0 bridgehead atoms. The van der Waals surface area contributed by atoms with E-state index >= 15 is 0 Å². The normalized spacial score (nSPS) is 15.9. The molecule has 1 aromatic rings. The maximum atomic E-state index is 5.94. The molecule has 0 atom stereocenters. The first-order chi connectivity index (χ1) is 13.2. The predicted octanol–water partition coefficient (Wildman–Crippen LogP) is 2.64. The summed E-state index contributed by atoms with van der Waals surface area (Å²) in [7, 11) is 5.30. The van der Waals surface area contributed by atoms with Crippen LogP contribution in [-0.4, -0.2) is 71.1 Å². The van der Waals surface area contributed by atoms with Crippen LogP contribution in [0.3, 0.4) is 0 Å². The maximum absolute atomic E-state index is 5.94. The van der Waals surface area contributed by atoms with Gasteiger partial charge >= 0.3 is 0 Å². The quantitative estimate of drug-likeness (QED) is 0.407. The molecule has 1 aliphatic heterocycles. The minimum absolute atomic E-state index is 0.354. The van der Waals surface area contributed by atoms with Gasteiger partial charge in [0.2, 0.25) is 0 Å². The highest BCUT2D eigenvalue weighted by Crippen LogP contribution is 2.20. The Hall–Kier alpha value is -1.79. The Morgan fingerprint density at radius 2 is 2.00 bits per heavy atom. The summed E-state index contributed by atoms with van der Waals surface area (Å²) in [5.41, 5.74) is 2.48. The van der Waals surface area contributed by atoms with E-state index < -0.39 is 0 Å². The lowest BCUT2D eigenvalue weighted by Crippen LogP contribution is -2.47. The number of nitrogens with one attached hydrogen (secondary N) is 1. The molecule has 0 spiro atoms. The number of benzene rings is 1. The second-order valence-corrected chi connectivity index (χ2v) is 6.94. The highest BCUT2D eigenvalue weighted by Gasteiger charge is 2.21. The van der Waals surface area contributed by atoms with Crippen LogP contribution in [-0.2, 0) is 15.9 Å². The van der Waals surface area contributed by atoms with Crippen LogP contribution in [0.1, 0.15) is 30.4 Å². The number of likely N-dealkylation sites (tertiary alicyclic amines) is 1. The summed E-state index contributed by atoms with van der Waals surface area (Å²) in [6.45, 7) is 6.44. The number of guanidine groups is 1. The van der Waals surface area contributed by atoms with Crippen LogP contribution in [0.15, 0.2) is 23.2 Å². The number of rotatable bonds is 9. The lowest BCUT2D eigenvalue weighted by atomic mass is 10.1. The fourth-order valence-corrected chi connectivity index (χ4v) is 3.43. The van der Waals surface area contributed by atoms with Crippen LogP contribution in [0.25, 0.3) is 0 Å². The van der Waals surface area contributed by atoms with Gasteiger partial charge in [-0.3, -0.25) is 4.99 Å². The van der Waals surface area contributed by atoms with Crippen LogP contribution >= 0.6 is 0 Å². The zero-order chi connectivity index (χ0) is 19.5. The molecule has 152 valence electrons. The third kappa shape index (κ3) is 7.03. The Morgan fingerprint density at radius 3 is 2.67 bits per heavy atom. The van der Waals surface area contributed by atoms with Gasteiger partial charge in [-0.1, -0.05) is 17.7 Å². The van der Waals surface area contributed by atoms with Gasteiger partial charge < -0.3 is 24.4 Å².